The Bertz CT molecular complexity index is 786. The number of hydrogen-bond donors (Lipinski definition) is 3. The highest BCUT2D eigenvalue weighted by Gasteiger charge is 2.14. The van der Waals surface area contributed by atoms with E-state index in [9.17, 15) is 13.6 Å². The second-order valence-electron chi connectivity index (χ2n) is 6.17. The van der Waals surface area contributed by atoms with Gasteiger partial charge < -0.3 is 25.6 Å². The van der Waals surface area contributed by atoms with Gasteiger partial charge in [-0.2, -0.15) is 8.78 Å². The van der Waals surface area contributed by atoms with Gasteiger partial charge in [0.2, 0.25) is 0 Å². The molecule has 1 aliphatic heterocycles. The fourth-order valence-electron chi connectivity index (χ4n) is 2.85. The van der Waals surface area contributed by atoms with E-state index in [1.165, 1.54) is 37.4 Å². The van der Waals surface area contributed by atoms with Crippen LogP contribution in [0.15, 0.2) is 36.7 Å². The zero-order valence-corrected chi connectivity index (χ0v) is 15.2. The van der Waals surface area contributed by atoms with Crippen molar-refractivity contribution in [2.24, 2.45) is 0 Å². The molecular weight excluding hydrogens is 370 g/mol. The van der Waals surface area contributed by atoms with E-state index in [0.717, 1.165) is 18.9 Å². The lowest BCUT2D eigenvalue weighted by molar-refractivity contribution is -0.0497. The van der Waals surface area contributed by atoms with Gasteiger partial charge in [0.1, 0.15) is 23.7 Å². The maximum Gasteiger partial charge on any atom is 0.387 e. The number of rotatable bonds is 8. The van der Waals surface area contributed by atoms with E-state index in [1.807, 2.05) is 6.07 Å². The summed E-state index contributed by atoms with van der Waals surface area (Å²) < 4.78 is 28.8. The number of benzene rings is 1. The van der Waals surface area contributed by atoms with Crippen LogP contribution in [0.5, 0.6) is 5.75 Å². The summed E-state index contributed by atoms with van der Waals surface area (Å²) in [6, 6.07) is 7.25. The number of hydrogen-bond acceptors (Lipinski definition) is 6. The summed E-state index contributed by atoms with van der Waals surface area (Å²) >= 11 is 0. The monoisotopic (exact) mass is 392 g/mol. The third-order valence-corrected chi connectivity index (χ3v) is 4.12. The van der Waals surface area contributed by atoms with Crippen LogP contribution in [0, 0.1) is 0 Å². The number of ether oxygens (including phenoxy) is 1. The van der Waals surface area contributed by atoms with Gasteiger partial charge in [-0.05, 0) is 25.0 Å². The van der Waals surface area contributed by atoms with Crippen molar-refractivity contribution in [1.29, 1.82) is 0 Å². The maximum absolute atomic E-state index is 12.2. The predicted octanol–water partition coefficient (Wildman–Crippen LogP) is 2.91. The lowest BCUT2D eigenvalue weighted by atomic mass is 10.3. The Labute approximate surface area is 161 Å². The van der Waals surface area contributed by atoms with E-state index >= 15 is 0 Å². The summed E-state index contributed by atoms with van der Waals surface area (Å²) in [5.41, 5.74) is 0.356. The summed E-state index contributed by atoms with van der Waals surface area (Å²) in [6.45, 7) is -0.0906. The molecular formula is C18H22F2N6O2. The maximum atomic E-state index is 12.2. The van der Waals surface area contributed by atoms with E-state index in [2.05, 4.69) is 35.6 Å². The average molecular weight is 392 g/mol. The Hall–Kier alpha value is -3.17. The third kappa shape index (κ3) is 5.93. The molecule has 1 fully saturated rings. The first-order valence-corrected chi connectivity index (χ1v) is 9.01. The van der Waals surface area contributed by atoms with Gasteiger partial charge in [-0.25, -0.2) is 14.8 Å². The van der Waals surface area contributed by atoms with Gasteiger partial charge in [0.25, 0.3) is 0 Å². The zero-order valence-electron chi connectivity index (χ0n) is 15.2. The Morgan fingerprint density at radius 2 is 2.00 bits per heavy atom. The number of urea groups is 1. The minimum Gasteiger partial charge on any atom is -0.435 e. The van der Waals surface area contributed by atoms with Crippen molar-refractivity contribution >= 4 is 23.4 Å². The molecule has 8 nitrogen and oxygen atoms in total. The molecule has 150 valence electrons. The summed E-state index contributed by atoms with van der Waals surface area (Å²) in [4.78, 5) is 22.6. The normalized spacial score (nSPS) is 13.5. The van der Waals surface area contributed by atoms with Crippen molar-refractivity contribution in [2.75, 3.05) is 41.7 Å². The number of aromatic nitrogens is 2. The molecule has 0 atom stereocenters. The number of alkyl halides is 2. The topological polar surface area (TPSA) is 91.4 Å². The molecule has 0 bridgehead atoms. The van der Waals surface area contributed by atoms with Crippen LogP contribution in [-0.4, -0.2) is 48.8 Å². The molecule has 0 saturated carbocycles. The Balaban J connectivity index is 1.40. The largest absolute Gasteiger partial charge is 0.435 e. The van der Waals surface area contributed by atoms with Crippen LogP contribution in [0.25, 0.3) is 0 Å². The Morgan fingerprint density at radius 1 is 1.18 bits per heavy atom. The van der Waals surface area contributed by atoms with Crippen LogP contribution >= 0.6 is 0 Å². The molecule has 0 aliphatic carbocycles. The van der Waals surface area contributed by atoms with Crippen molar-refractivity contribution in [1.82, 2.24) is 15.3 Å². The molecule has 2 heterocycles. The van der Waals surface area contributed by atoms with Crippen molar-refractivity contribution in [3.63, 3.8) is 0 Å². The van der Waals surface area contributed by atoms with Gasteiger partial charge in [0, 0.05) is 44.0 Å². The van der Waals surface area contributed by atoms with Crippen LogP contribution in [0.1, 0.15) is 12.8 Å². The smallest absolute Gasteiger partial charge is 0.387 e. The number of amides is 2. The number of carbonyl (C=O) groups excluding carboxylic acids is 1. The minimum atomic E-state index is -2.91. The lowest BCUT2D eigenvalue weighted by Gasteiger charge is -2.16. The van der Waals surface area contributed by atoms with Crippen molar-refractivity contribution in [3.8, 4) is 5.75 Å². The minimum absolute atomic E-state index is 0.0213. The zero-order chi connectivity index (χ0) is 19.8. The van der Waals surface area contributed by atoms with E-state index in [1.54, 1.807) is 6.07 Å². The van der Waals surface area contributed by atoms with Gasteiger partial charge >= 0.3 is 12.6 Å². The van der Waals surface area contributed by atoms with E-state index in [-0.39, 0.29) is 5.75 Å². The summed E-state index contributed by atoms with van der Waals surface area (Å²) in [5.74, 6) is 1.56. The SMILES string of the molecule is O=C(NCCNc1cc(N2CCCC2)ncn1)Nc1cccc(OC(F)F)c1. The highest BCUT2D eigenvalue weighted by molar-refractivity contribution is 5.89. The van der Waals surface area contributed by atoms with Gasteiger partial charge in [-0.1, -0.05) is 6.07 Å². The second kappa shape index (κ2) is 9.67. The third-order valence-electron chi connectivity index (χ3n) is 4.12. The number of nitrogens with zero attached hydrogens (tertiary/aromatic N) is 3. The molecule has 2 amide bonds. The molecule has 2 aromatic rings. The van der Waals surface area contributed by atoms with Crippen molar-refractivity contribution < 1.29 is 18.3 Å². The second-order valence-corrected chi connectivity index (χ2v) is 6.17. The van der Waals surface area contributed by atoms with Gasteiger partial charge in [0.15, 0.2) is 0 Å². The lowest BCUT2D eigenvalue weighted by Crippen LogP contribution is -2.32. The standard InChI is InChI=1S/C18H22F2N6O2/c19-17(20)28-14-5-3-4-13(10-14)25-18(27)22-7-6-21-15-11-16(24-12-23-15)26-8-1-2-9-26/h3-5,10-12,17H,1-2,6-9H2,(H,21,23,24)(H2,22,25,27). The Kier molecular flexibility index (Phi) is 6.77. The van der Waals surface area contributed by atoms with Crippen LogP contribution in [0.3, 0.4) is 0 Å². The van der Waals surface area contributed by atoms with Gasteiger partial charge in [0.05, 0.1) is 0 Å². The molecule has 1 aromatic carbocycles. The average Bonchev–Trinajstić information content (AvgIpc) is 3.20. The fraction of sp³-hybridized carbons (Fsp3) is 0.389. The first kappa shape index (κ1) is 19.6. The number of halogens is 2. The van der Waals surface area contributed by atoms with E-state index in [0.29, 0.717) is 24.6 Å². The molecule has 3 N–H and O–H groups in total. The van der Waals surface area contributed by atoms with E-state index in [4.69, 9.17) is 0 Å². The molecule has 3 rings (SSSR count). The summed E-state index contributed by atoms with van der Waals surface area (Å²) in [5, 5.41) is 8.38. The summed E-state index contributed by atoms with van der Waals surface area (Å²) in [7, 11) is 0. The van der Waals surface area contributed by atoms with Crippen LogP contribution < -0.4 is 25.6 Å². The van der Waals surface area contributed by atoms with Crippen molar-refractivity contribution in [2.45, 2.75) is 19.5 Å². The van der Waals surface area contributed by atoms with Crippen molar-refractivity contribution in [3.05, 3.63) is 36.7 Å². The van der Waals surface area contributed by atoms with Gasteiger partial charge in [-0.15, -0.1) is 0 Å². The van der Waals surface area contributed by atoms with Crippen LogP contribution in [0.2, 0.25) is 0 Å². The molecule has 0 spiro atoms. The first-order chi connectivity index (χ1) is 13.6. The highest BCUT2D eigenvalue weighted by atomic mass is 19.3. The molecule has 1 aliphatic rings. The molecule has 28 heavy (non-hydrogen) atoms. The van der Waals surface area contributed by atoms with E-state index < -0.39 is 12.6 Å². The molecule has 0 radical (unpaired) electrons. The number of nitrogens with one attached hydrogen (secondary N) is 3. The molecule has 1 saturated heterocycles. The quantitative estimate of drug-likeness (QED) is 0.599. The summed E-state index contributed by atoms with van der Waals surface area (Å²) in [6.07, 6.45) is 3.86. The molecule has 10 heteroatoms. The van der Waals surface area contributed by atoms with Crippen LogP contribution in [0.4, 0.5) is 30.9 Å². The number of anilines is 3. The van der Waals surface area contributed by atoms with Gasteiger partial charge in [-0.3, -0.25) is 0 Å². The van der Waals surface area contributed by atoms with Crippen LogP contribution in [-0.2, 0) is 0 Å². The first-order valence-electron chi connectivity index (χ1n) is 9.01. The predicted molar refractivity (Wildman–Crippen MR) is 102 cm³/mol. The molecule has 1 aromatic heterocycles. The number of carbonyl (C=O) groups is 1. The Morgan fingerprint density at radius 3 is 2.79 bits per heavy atom. The fourth-order valence-corrected chi connectivity index (χ4v) is 2.85. The highest BCUT2D eigenvalue weighted by Crippen LogP contribution is 2.20. The molecule has 0 unspecified atom stereocenters.